The van der Waals surface area contributed by atoms with Crippen LogP contribution in [0.3, 0.4) is 0 Å². The van der Waals surface area contributed by atoms with Gasteiger partial charge in [-0.05, 0) is 41.7 Å². The lowest BCUT2D eigenvalue weighted by atomic mass is 10.0. The molecule has 3 rings (SSSR count). The van der Waals surface area contributed by atoms with E-state index in [-0.39, 0.29) is 23.8 Å². The Bertz CT molecular complexity index is 516. The Balaban J connectivity index is 1.61. The van der Waals surface area contributed by atoms with E-state index >= 15 is 0 Å². The standard InChI is InChI=1S/C15H19NO4S/c17-14(10-1-2-11(7-10)15(18)19)16-4-5-20-13(8-16)12-3-6-21-9-12/h3,6,9-11,13H,1-2,4-5,7-8H2,(H,18,19)/t10-,11+,13?/m0/s1. The normalized spacial score (nSPS) is 29.5. The topological polar surface area (TPSA) is 66.8 Å². The lowest BCUT2D eigenvalue weighted by Gasteiger charge is -2.34. The third-order valence-electron chi connectivity index (χ3n) is 4.42. The van der Waals surface area contributed by atoms with Crippen LogP contribution in [0.1, 0.15) is 30.9 Å². The molecule has 1 N–H and O–H groups in total. The lowest BCUT2D eigenvalue weighted by molar-refractivity contribution is -0.144. The molecule has 1 saturated heterocycles. The SMILES string of the molecule is O=C(O)[C@@H]1CC[C@H](C(=O)N2CCOC(c3ccsc3)C2)C1. The van der Waals surface area contributed by atoms with Crippen molar-refractivity contribution in [1.29, 1.82) is 0 Å². The van der Waals surface area contributed by atoms with E-state index in [1.54, 1.807) is 11.3 Å². The zero-order valence-electron chi connectivity index (χ0n) is 11.7. The van der Waals surface area contributed by atoms with Crippen molar-refractivity contribution < 1.29 is 19.4 Å². The van der Waals surface area contributed by atoms with Crippen molar-refractivity contribution in [1.82, 2.24) is 4.90 Å². The largest absolute Gasteiger partial charge is 0.481 e. The number of thiophene rings is 1. The number of morpholine rings is 1. The van der Waals surface area contributed by atoms with E-state index in [1.807, 2.05) is 16.3 Å². The fourth-order valence-electron chi connectivity index (χ4n) is 3.20. The first-order valence-electron chi connectivity index (χ1n) is 7.30. The van der Waals surface area contributed by atoms with Gasteiger partial charge in [0, 0.05) is 12.5 Å². The summed E-state index contributed by atoms with van der Waals surface area (Å²) in [4.78, 5) is 25.4. The predicted octanol–water partition coefficient (Wildman–Crippen LogP) is 2.15. The summed E-state index contributed by atoms with van der Waals surface area (Å²) in [5, 5.41) is 13.1. The van der Waals surface area contributed by atoms with Crippen LogP contribution >= 0.6 is 11.3 Å². The first-order valence-corrected chi connectivity index (χ1v) is 8.24. The van der Waals surface area contributed by atoms with Crippen LogP contribution in [0, 0.1) is 11.8 Å². The van der Waals surface area contributed by atoms with Crippen molar-refractivity contribution in [3.8, 4) is 0 Å². The summed E-state index contributed by atoms with van der Waals surface area (Å²) < 4.78 is 5.74. The van der Waals surface area contributed by atoms with E-state index in [2.05, 4.69) is 5.38 Å². The van der Waals surface area contributed by atoms with Gasteiger partial charge in [-0.25, -0.2) is 0 Å². The molecular weight excluding hydrogens is 290 g/mol. The number of hydrogen-bond acceptors (Lipinski definition) is 4. The summed E-state index contributed by atoms with van der Waals surface area (Å²) in [5.74, 6) is -1.16. The monoisotopic (exact) mass is 309 g/mol. The average Bonchev–Trinajstić information content (AvgIpc) is 3.18. The van der Waals surface area contributed by atoms with Crippen LogP contribution < -0.4 is 0 Å². The zero-order chi connectivity index (χ0) is 14.8. The highest BCUT2D eigenvalue weighted by Crippen LogP contribution is 2.33. The van der Waals surface area contributed by atoms with Crippen molar-refractivity contribution >= 4 is 23.2 Å². The molecule has 21 heavy (non-hydrogen) atoms. The number of hydrogen-bond donors (Lipinski definition) is 1. The molecule has 1 amide bonds. The van der Waals surface area contributed by atoms with E-state index in [4.69, 9.17) is 9.84 Å². The maximum atomic E-state index is 12.6. The zero-order valence-corrected chi connectivity index (χ0v) is 12.6. The van der Waals surface area contributed by atoms with Gasteiger partial charge in [0.1, 0.15) is 6.10 Å². The van der Waals surface area contributed by atoms with Gasteiger partial charge in [-0.3, -0.25) is 9.59 Å². The van der Waals surface area contributed by atoms with Crippen molar-refractivity contribution in [3.05, 3.63) is 22.4 Å². The first-order chi connectivity index (χ1) is 10.1. The minimum atomic E-state index is -0.775. The molecule has 3 atom stereocenters. The minimum absolute atomic E-state index is 0.0503. The van der Waals surface area contributed by atoms with Gasteiger partial charge in [0.15, 0.2) is 0 Å². The van der Waals surface area contributed by atoms with Crippen LogP contribution in [0.4, 0.5) is 0 Å². The number of carbonyl (C=O) groups excluding carboxylic acids is 1. The molecule has 5 nitrogen and oxygen atoms in total. The van der Waals surface area contributed by atoms with Gasteiger partial charge >= 0.3 is 5.97 Å². The van der Waals surface area contributed by atoms with E-state index < -0.39 is 5.97 Å². The summed E-state index contributed by atoms with van der Waals surface area (Å²) >= 11 is 1.62. The maximum absolute atomic E-state index is 12.6. The Kier molecular flexibility index (Phi) is 4.26. The van der Waals surface area contributed by atoms with Crippen LogP contribution in [0.5, 0.6) is 0 Å². The van der Waals surface area contributed by atoms with Crippen LogP contribution in [0.25, 0.3) is 0 Å². The number of carbonyl (C=O) groups is 2. The first kappa shape index (κ1) is 14.5. The summed E-state index contributed by atoms with van der Waals surface area (Å²) in [6, 6.07) is 2.03. The van der Waals surface area contributed by atoms with Gasteiger partial charge in [-0.1, -0.05) is 0 Å². The molecule has 0 radical (unpaired) electrons. The number of nitrogens with zero attached hydrogens (tertiary/aromatic N) is 1. The van der Waals surface area contributed by atoms with Gasteiger partial charge in [-0.15, -0.1) is 0 Å². The summed E-state index contributed by atoms with van der Waals surface area (Å²) in [6.45, 7) is 1.72. The molecule has 1 saturated carbocycles. The predicted molar refractivity (Wildman–Crippen MR) is 78.1 cm³/mol. The number of carboxylic acids is 1. The second-order valence-electron chi connectivity index (χ2n) is 5.75. The lowest BCUT2D eigenvalue weighted by Crippen LogP contribution is -2.44. The molecular formula is C15H19NO4S. The molecule has 1 aromatic heterocycles. The fourth-order valence-corrected chi connectivity index (χ4v) is 3.90. The molecule has 0 bridgehead atoms. The van der Waals surface area contributed by atoms with Crippen LogP contribution in [-0.4, -0.2) is 41.6 Å². The van der Waals surface area contributed by atoms with Crippen LogP contribution in [-0.2, 0) is 14.3 Å². The smallest absolute Gasteiger partial charge is 0.306 e. The third-order valence-corrected chi connectivity index (χ3v) is 5.13. The Morgan fingerprint density at radius 2 is 2.14 bits per heavy atom. The number of carboxylic acid groups (broad SMARTS) is 1. The van der Waals surface area contributed by atoms with E-state index in [9.17, 15) is 9.59 Å². The third kappa shape index (κ3) is 3.11. The number of ether oxygens (including phenoxy) is 1. The molecule has 1 aliphatic carbocycles. The van der Waals surface area contributed by atoms with E-state index in [0.717, 1.165) is 5.56 Å². The molecule has 0 spiro atoms. The summed E-state index contributed by atoms with van der Waals surface area (Å²) in [7, 11) is 0. The highest BCUT2D eigenvalue weighted by Gasteiger charge is 2.37. The molecule has 1 unspecified atom stereocenters. The highest BCUT2D eigenvalue weighted by atomic mass is 32.1. The average molecular weight is 309 g/mol. The molecule has 1 aromatic rings. The summed E-state index contributed by atoms with van der Waals surface area (Å²) in [6.07, 6.45) is 1.74. The Morgan fingerprint density at radius 3 is 2.81 bits per heavy atom. The number of rotatable bonds is 3. The molecule has 114 valence electrons. The Morgan fingerprint density at radius 1 is 1.33 bits per heavy atom. The number of aliphatic carboxylic acids is 1. The van der Waals surface area contributed by atoms with Gasteiger partial charge in [0.05, 0.1) is 19.1 Å². The van der Waals surface area contributed by atoms with E-state index in [1.165, 1.54) is 0 Å². The fraction of sp³-hybridized carbons (Fsp3) is 0.600. The molecule has 6 heteroatoms. The van der Waals surface area contributed by atoms with Crippen molar-refractivity contribution in [2.75, 3.05) is 19.7 Å². The molecule has 2 aliphatic rings. The maximum Gasteiger partial charge on any atom is 0.306 e. The second kappa shape index (κ2) is 6.15. The van der Waals surface area contributed by atoms with Crippen molar-refractivity contribution in [2.24, 2.45) is 11.8 Å². The van der Waals surface area contributed by atoms with Crippen molar-refractivity contribution in [3.63, 3.8) is 0 Å². The molecule has 1 aliphatic heterocycles. The second-order valence-corrected chi connectivity index (χ2v) is 6.53. The van der Waals surface area contributed by atoms with Crippen LogP contribution in [0.2, 0.25) is 0 Å². The van der Waals surface area contributed by atoms with Gasteiger partial charge in [0.2, 0.25) is 5.91 Å². The quantitative estimate of drug-likeness (QED) is 0.929. The summed E-state index contributed by atoms with van der Waals surface area (Å²) in [5.41, 5.74) is 1.12. The Labute approximate surface area is 127 Å². The number of amides is 1. The van der Waals surface area contributed by atoms with Gasteiger partial charge in [0.25, 0.3) is 0 Å². The highest BCUT2D eigenvalue weighted by molar-refractivity contribution is 7.07. The Hall–Kier alpha value is -1.40. The molecule has 2 heterocycles. The van der Waals surface area contributed by atoms with E-state index in [0.29, 0.717) is 39.0 Å². The van der Waals surface area contributed by atoms with Crippen LogP contribution in [0.15, 0.2) is 16.8 Å². The van der Waals surface area contributed by atoms with Gasteiger partial charge < -0.3 is 14.7 Å². The molecule has 0 aromatic carbocycles. The molecule has 2 fully saturated rings. The van der Waals surface area contributed by atoms with Gasteiger partial charge in [-0.2, -0.15) is 11.3 Å². The van der Waals surface area contributed by atoms with Crippen molar-refractivity contribution in [2.45, 2.75) is 25.4 Å². The minimum Gasteiger partial charge on any atom is -0.481 e.